The van der Waals surface area contributed by atoms with Gasteiger partial charge in [0.25, 0.3) is 10.1 Å². The number of phenolic OH excluding ortho intramolecular Hbond substituents is 2. The summed E-state index contributed by atoms with van der Waals surface area (Å²) in [5, 5.41) is 19.0. The highest BCUT2D eigenvalue weighted by atomic mass is 32.2. The van der Waals surface area contributed by atoms with Crippen LogP contribution in [0.5, 0.6) is 11.5 Å². The number of likely N-dealkylation sites (N-methyl/N-ethyl adjacent to an activating group) is 1. The minimum Gasteiger partial charge on any atom is -0.504 e. The summed E-state index contributed by atoms with van der Waals surface area (Å²) in [6.07, 6.45) is 0.499. The number of aromatic hydroxyl groups is 2. The lowest BCUT2D eigenvalue weighted by atomic mass is 10.1. The van der Waals surface area contributed by atoms with Crippen LogP contribution in [0.2, 0.25) is 0 Å². The third kappa shape index (κ3) is 5.46. The molecule has 0 saturated carbocycles. The quantitative estimate of drug-likeness (QED) is 0.405. The summed E-state index contributed by atoms with van der Waals surface area (Å²) in [5.41, 5.74) is 0.609. The van der Waals surface area contributed by atoms with E-state index in [0.29, 0.717) is 23.0 Å². The second-order valence-corrected chi connectivity index (χ2v) is 6.78. The molecular formula is C12H20NO5S+. The molecule has 0 aliphatic rings. The third-order valence-corrected chi connectivity index (χ3v) is 3.74. The first-order valence-corrected chi connectivity index (χ1v) is 7.49. The van der Waals surface area contributed by atoms with Crippen LogP contribution in [-0.2, 0) is 16.5 Å². The van der Waals surface area contributed by atoms with Crippen LogP contribution in [0.1, 0.15) is 5.56 Å². The van der Waals surface area contributed by atoms with Gasteiger partial charge in [-0.1, -0.05) is 12.1 Å². The van der Waals surface area contributed by atoms with Gasteiger partial charge in [-0.2, -0.15) is 8.42 Å². The molecule has 0 aliphatic carbocycles. The van der Waals surface area contributed by atoms with Crippen molar-refractivity contribution < 1.29 is 27.7 Å². The van der Waals surface area contributed by atoms with Gasteiger partial charge < -0.3 is 14.7 Å². The highest BCUT2D eigenvalue weighted by Gasteiger charge is 2.20. The van der Waals surface area contributed by atoms with Crippen LogP contribution >= 0.6 is 0 Å². The van der Waals surface area contributed by atoms with Crippen LogP contribution in [0.15, 0.2) is 18.2 Å². The van der Waals surface area contributed by atoms with Gasteiger partial charge in [0.1, 0.15) is 5.75 Å². The fourth-order valence-corrected chi connectivity index (χ4v) is 2.40. The second kappa shape index (κ2) is 5.77. The van der Waals surface area contributed by atoms with Crippen LogP contribution in [-0.4, -0.2) is 60.6 Å². The largest absolute Gasteiger partial charge is 0.504 e. The van der Waals surface area contributed by atoms with E-state index in [1.165, 1.54) is 6.07 Å². The molecule has 0 bridgehead atoms. The number of nitrogens with zero attached hydrogens (tertiary/aromatic N) is 1. The van der Waals surface area contributed by atoms with Crippen molar-refractivity contribution in [1.29, 1.82) is 0 Å². The van der Waals surface area contributed by atoms with E-state index in [2.05, 4.69) is 0 Å². The van der Waals surface area contributed by atoms with E-state index in [0.717, 1.165) is 0 Å². The molecule has 6 nitrogen and oxygen atoms in total. The molecule has 0 aromatic heterocycles. The smallest absolute Gasteiger partial charge is 0.270 e. The number of hydrogen-bond donors (Lipinski definition) is 3. The van der Waals surface area contributed by atoms with Crippen LogP contribution in [0.25, 0.3) is 0 Å². The van der Waals surface area contributed by atoms with Crippen molar-refractivity contribution in [2.45, 2.75) is 6.42 Å². The lowest BCUT2D eigenvalue weighted by Gasteiger charge is -2.29. The van der Waals surface area contributed by atoms with Crippen molar-refractivity contribution >= 4 is 10.1 Å². The molecule has 3 N–H and O–H groups in total. The van der Waals surface area contributed by atoms with E-state index in [1.54, 1.807) is 12.1 Å². The van der Waals surface area contributed by atoms with Gasteiger partial charge in [0.05, 0.1) is 27.2 Å². The molecule has 0 aliphatic heterocycles. The number of hydrogen-bond acceptors (Lipinski definition) is 4. The minimum absolute atomic E-state index is 0.141. The number of rotatable bonds is 6. The van der Waals surface area contributed by atoms with Crippen molar-refractivity contribution in [2.24, 2.45) is 0 Å². The van der Waals surface area contributed by atoms with E-state index in [1.807, 2.05) is 14.1 Å². The molecule has 0 radical (unpaired) electrons. The maximum atomic E-state index is 10.7. The van der Waals surface area contributed by atoms with Crippen LogP contribution in [0, 0.1) is 0 Å². The zero-order valence-corrected chi connectivity index (χ0v) is 11.9. The summed E-state index contributed by atoms with van der Waals surface area (Å²) >= 11 is 0. The van der Waals surface area contributed by atoms with Crippen molar-refractivity contribution in [3.05, 3.63) is 23.8 Å². The zero-order chi connectivity index (χ0) is 14.7. The first kappa shape index (κ1) is 15.7. The Morgan fingerprint density at radius 2 is 1.79 bits per heavy atom. The minimum atomic E-state index is -3.96. The predicted molar refractivity (Wildman–Crippen MR) is 71.7 cm³/mol. The molecule has 108 valence electrons. The molecule has 1 rings (SSSR count). The Balaban J connectivity index is 2.62. The van der Waals surface area contributed by atoms with Crippen molar-refractivity contribution in [1.82, 2.24) is 0 Å². The molecule has 1 aromatic carbocycles. The van der Waals surface area contributed by atoms with E-state index >= 15 is 0 Å². The Morgan fingerprint density at radius 1 is 1.16 bits per heavy atom. The van der Waals surface area contributed by atoms with Gasteiger partial charge in [-0.25, -0.2) is 0 Å². The van der Waals surface area contributed by atoms with Gasteiger partial charge in [-0.05, 0) is 6.07 Å². The summed E-state index contributed by atoms with van der Waals surface area (Å²) < 4.78 is 30.6. The monoisotopic (exact) mass is 290 g/mol. The highest BCUT2D eigenvalue weighted by Crippen LogP contribution is 2.28. The molecule has 0 saturated heterocycles. The average Bonchev–Trinajstić information content (AvgIpc) is 2.28. The summed E-state index contributed by atoms with van der Waals surface area (Å²) in [7, 11) is -0.284. The van der Waals surface area contributed by atoms with Gasteiger partial charge in [-0.15, -0.1) is 0 Å². The number of para-hydroxylation sites is 1. The molecule has 19 heavy (non-hydrogen) atoms. The summed E-state index contributed by atoms with van der Waals surface area (Å²) in [6, 6.07) is 4.75. The standard InChI is InChI=1S/C12H19NO5S/c1-13(2,8-9-19(16,17)18)7-6-10-4-3-5-11(14)12(10)15/h3-5H,6-9H2,1-2H3,(H2-,14,15,16,17,18)/p+1. The maximum absolute atomic E-state index is 10.7. The molecule has 1 aromatic rings. The van der Waals surface area contributed by atoms with Gasteiger partial charge in [0.2, 0.25) is 0 Å². The lowest BCUT2D eigenvalue weighted by molar-refractivity contribution is -0.887. The van der Waals surface area contributed by atoms with E-state index in [9.17, 15) is 18.6 Å². The molecular weight excluding hydrogens is 270 g/mol. The van der Waals surface area contributed by atoms with E-state index in [4.69, 9.17) is 4.55 Å². The highest BCUT2D eigenvalue weighted by molar-refractivity contribution is 7.85. The second-order valence-electron chi connectivity index (χ2n) is 5.20. The molecule has 0 heterocycles. The maximum Gasteiger partial charge on any atom is 0.270 e. The first-order chi connectivity index (χ1) is 8.61. The van der Waals surface area contributed by atoms with Crippen LogP contribution < -0.4 is 0 Å². The number of quaternary nitrogens is 1. The molecule has 0 unspecified atom stereocenters. The Kier molecular flexibility index (Phi) is 4.78. The summed E-state index contributed by atoms with van der Waals surface area (Å²) in [5.74, 6) is -0.607. The Morgan fingerprint density at radius 3 is 2.37 bits per heavy atom. The van der Waals surface area contributed by atoms with Crippen molar-refractivity contribution in [2.75, 3.05) is 32.9 Å². The fraction of sp³-hybridized carbons (Fsp3) is 0.500. The van der Waals surface area contributed by atoms with Crippen molar-refractivity contribution in [3.63, 3.8) is 0 Å². The Bertz CT molecular complexity index is 539. The summed E-state index contributed by atoms with van der Waals surface area (Å²) in [6.45, 7) is 0.852. The molecule has 0 amide bonds. The SMILES string of the molecule is C[N+](C)(CCc1cccc(O)c1O)CCS(=O)(=O)O. The molecule has 0 fully saturated rings. The zero-order valence-electron chi connectivity index (χ0n) is 11.1. The molecule has 0 spiro atoms. The van der Waals surface area contributed by atoms with Crippen molar-refractivity contribution in [3.8, 4) is 11.5 Å². The van der Waals surface area contributed by atoms with Gasteiger partial charge in [-0.3, -0.25) is 4.55 Å². The van der Waals surface area contributed by atoms with E-state index < -0.39 is 10.1 Å². The van der Waals surface area contributed by atoms with Crippen LogP contribution in [0.3, 0.4) is 0 Å². The predicted octanol–water partition coefficient (Wildman–Crippen LogP) is 0.605. The van der Waals surface area contributed by atoms with Gasteiger partial charge >= 0.3 is 0 Å². The van der Waals surface area contributed by atoms with Crippen LogP contribution in [0.4, 0.5) is 0 Å². The first-order valence-electron chi connectivity index (χ1n) is 5.88. The number of benzene rings is 1. The van der Waals surface area contributed by atoms with Gasteiger partial charge in [0, 0.05) is 12.0 Å². The molecule has 7 heteroatoms. The van der Waals surface area contributed by atoms with Gasteiger partial charge in [0.15, 0.2) is 11.5 Å². The average molecular weight is 290 g/mol. The fourth-order valence-electron chi connectivity index (χ4n) is 1.68. The lowest BCUT2D eigenvalue weighted by Crippen LogP contribution is -2.44. The topological polar surface area (TPSA) is 94.8 Å². The number of phenols is 2. The molecule has 0 atom stereocenters. The van der Waals surface area contributed by atoms with E-state index in [-0.39, 0.29) is 23.8 Å². The Labute approximate surface area is 113 Å². The normalized spacial score (nSPS) is 12.6. The third-order valence-electron chi connectivity index (χ3n) is 3.04. The Hall–Kier alpha value is -1.31. The summed E-state index contributed by atoms with van der Waals surface area (Å²) in [4.78, 5) is 0.